The maximum Gasteiger partial charge on any atom is 0.236 e. The highest BCUT2D eigenvalue weighted by atomic mass is 16.2. The first-order chi connectivity index (χ1) is 10.0. The molecule has 0 radical (unpaired) electrons. The van der Waals surface area contributed by atoms with Crippen LogP contribution in [0.15, 0.2) is 0 Å². The second-order valence-electron chi connectivity index (χ2n) is 7.27. The molecule has 2 aliphatic carbocycles. The normalized spacial score (nSPS) is 29.7. The zero-order chi connectivity index (χ0) is 15.5. The second kappa shape index (κ2) is 7.10. The van der Waals surface area contributed by atoms with Gasteiger partial charge in [-0.1, -0.05) is 13.8 Å². The summed E-state index contributed by atoms with van der Waals surface area (Å²) in [7, 11) is 1.96. The lowest BCUT2D eigenvalue weighted by Gasteiger charge is -2.47. The molecule has 0 unspecified atom stereocenters. The average Bonchev–Trinajstić information content (AvgIpc) is 3.32. The standard InChI is InChI=1S/C17H33N3O/c1-4-11-20(12-16(21)19(3)15-5-6-15)17(13-18)9-7-14(2)8-10-17/h14-15H,4-13,18H2,1-3H3. The third-order valence-corrected chi connectivity index (χ3v) is 5.56. The second-order valence-corrected chi connectivity index (χ2v) is 7.27. The van der Waals surface area contributed by atoms with Gasteiger partial charge < -0.3 is 10.6 Å². The van der Waals surface area contributed by atoms with Crippen LogP contribution in [0.2, 0.25) is 0 Å². The summed E-state index contributed by atoms with van der Waals surface area (Å²) in [5, 5.41) is 0. The molecule has 21 heavy (non-hydrogen) atoms. The number of amides is 1. The van der Waals surface area contributed by atoms with Gasteiger partial charge in [-0.2, -0.15) is 0 Å². The highest BCUT2D eigenvalue weighted by Crippen LogP contribution is 2.36. The van der Waals surface area contributed by atoms with E-state index in [4.69, 9.17) is 5.73 Å². The van der Waals surface area contributed by atoms with Crippen LogP contribution in [0.3, 0.4) is 0 Å². The van der Waals surface area contributed by atoms with E-state index < -0.39 is 0 Å². The fourth-order valence-electron chi connectivity index (χ4n) is 3.64. The molecule has 122 valence electrons. The third kappa shape index (κ3) is 3.98. The van der Waals surface area contributed by atoms with Crippen molar-refractivity contribution in [2.45, 2.75) is 70.4 Å². The first-order valence-corrected chi connectivity index (χ1v) is 8.73. The van der Waals surface area contributed by atoms with E-state index in [9.17, 15) is 4.79 Å². The van der Waals surface area contributed by atoms with Gasteiger partial charge in [0.15, 0.2) is 0 Å². The Labute approximate surface area is 130 Å². The molecule has 2 aliphatic rings. The summed E-state index contributed by atoms with van der Waals surface area (Å²) < 4.78 is 0. The minimum atomic E-state index is 0.0581. The van der Waals surface area contributed by atoms with Crippen molar-refractivity contribution in [3.63, 3.8) is 0 Å². The van der Waals surface area contributed by atoms with Gasteiger partial charge in [0.2, 0.25) is 5.91 Å². The molecule has 1 amide bonds. The number of nitrogens with two attached hydrogens (primary N) is 1. The summed E-state index contributed by atoms with van der Waals surface area (Å²) in [4.78, 5) is 16.9. The Bertz CT molecular complexity index is 346. The fourth-order valence-corrected chi connectivity index (χ4v) is 3.64. The average molecular weight is 295 g/mol. The first kappa shape index (κ1) is 16.8. The van der Waals surface area contributed by atoms with Crippen molar-refractivity contribution < 1.29 is 4.79 Å². The van der Waals surface area contributed by atoms with Crippen molar-refractivity contribution in [1.29, 1.82) is 0 Å². The molecule has 2 fully saturated rings. The topological polar surface area (TPSA) is 49.6 Å². The Balaban J connectivity index is 2.03. The van der Waals surface area contributed by atoms with Crippen LogP contribution in [0.4, 0.5) is 0 Å². The Morgan fingerprint density at radius 3 is 2.33 bits per heavy atom. The van der Waals surface area contributed by atoms with E-state index in [-0.39, 0.29) is 11.4 Å². The van der Waals surface area contributed by atoms with Gasteiger partial charge >= 0.3 is 0 Å². The van der Waals surface area contributed by atoms with Crippen molar-refractivity contribution >= 4 is 5.91 Å². The Hall–Kier alpha value is -0.610. The molecule has 0 atom stereocenters. The Morgan fingerprint density at radius 1 is 1.24 bits per heavy atom. The van der Waals surface area contributed by atoms with E-state index >= 15 is 0 Å². The summed E-state index contributed by atoms with van der Waals surface area (Å²) in [6.07, 6.45) is 8.20. The smallest absolute Gasteiger partial charge is 0.236 e. The molecule has 0 bridgehead atoms. The molecule has 0 heterocycles. The maximum absolute atomic E-state index is 12.5. The monoisotopic (exact) mass is 295 g/mol. The number of likely N-dealkylation sites (N-methyl/N-ethyl adjacent to an activating group) is 1. The summed E-state index contributed by atoms with van der Waals surface area (Å²) in [6, 6.07) is 0.501. The van der Waals surface area contributed by atoms with Gasteiger partial charge in [0.05, 0.1) is 6.54 Å². The number of carbonyl (C=O) groups is 1. The Kier molecular flexibility index (Phi) is 5.67. The van der Waals surface area contributed by atoms with Gasteiger partial charge in [-0.05, 0) is 57.4 Å². The molecule has 0 aromatic carbocycles. The van der Waals surface area contributed by atoms with Crippen LogP contribution in [0.1, 0.15) is 58.8 Å². The van der Waals surface area contributed by atoms with Crippen LogP contribution in [-0.2, 0) is 4.79 Å². The summed E-state index contributed by atoms with van der Waals surface area (Å²) >= 11 is 0. The highest BCUT2D eigenvalue weighted by Gasteiger charge is 2.40. The lowest BCUT2D eigenvalue weighted by molar-refractivity contribution is -0.133. The fraction of sp³-hybridized carbons (Fsp3) is 0.941. The minimum Gasteiger partial charge on any atom is -0.342 e. The number of nitrogens with zero attached hydrogens (tertiary/aromatic N) is 2. The molecule has 0 spiro atoms. The highest BCUT2D eigenvalue weighted by molar-refractivity contribution is 5.78. The predicted octanol–water partition coefficient (Wildman–Crippen LogP) is 2.23. The van der Waals surface area contributed by atoms with E-state index in [2.05, 4.69) is 18.7 Å². The van der Waals surface area contributed by atoms with Gasteiger partial charge in [-0.3, -0.25) is 9.69 Å². The van der Waals surface area contributed by atoms with Crippen molar-refractivity contribution in [3.05, 3.63) is 0 Å². The Morgan fingerprint density at radius 2 is 1.86 bits per heavy atom. The van der Waals surface area contributed by atoms with Crippen LogP contribution in [0, 0.1) is 5.92 Å². The molecule has 0 aliphatic heterocycles. The number of hydrogen-bond acceptors (Lipinski definition) is 3. The largest absolute Gasteiger partial charge is 0.342 e. The van der Waals surface area contributed by atoms with Crippen molar-refractivity contribution in [2.75, 3.05) is 26.7 Å². The molecule has 2 saturated carbocycles. The molecule has 0 aromatic heterocycles. The molecular formula is C17H33N3O. The molecule has 0 saturated heterocycles. The lowest BCUT2D eigenvalue weighted by atomic mass is 9.76. The summed E-state index contributed by atoms with van der Waals surface area (Å²) in [6.45, 7) is 6.73. The van der Waals surface area contributed by atoms with E-state index in [0.29, 0.717) is 19.1 Å². The number of carbonyl (C=O) groups excluding carboxylic acids is 1. The van der Waals surface area contributed by atoms with Gasteiger partial charge in [-0.25, -0.2) is 0 Å². The number of hydrogen-bond donors (Lipinski definition) is 1. The maximum atomic E-state index is 12.5. The lowest BCUT2D eigenvalue weighted by Crippen LogP contribution is -2.58. The summed E-state index contributed by atoms with van der Waals surface area (Å²) in [5.74, 6) is 1.08. The molecule has 4 nitrogen and oxygen atoms in total. The van der Waals surface area contributed by atoms with Crippen LogP contribution in [-0.4, -0.2) is 54.0 Å². The first-order valence-electron chi connectivity index (χ1n) is 8.73. The molecule has 2 rings (SSSR count). The van der Waals surface area contributed by atoms with E-state index in [1.807, 2.05) is 11.9 Å². The van der Waals surface area contributed by atoms with Crippen molar-refractivity contribution in [2.24, 2.45) is 11.7 Å². The van der Waals surface area contributed by atoms with E-state index in [0.717, 1.165) is 31.7 Å². The number of rotatable bonds is 7. The molecule has 2 N–H and O–H groups in total. The van der Waals surface area contributed by atoms with Crippen molar-refractivity contribution in [3.8, 4) is 0 Å². The van der Waals surface area contributed by atoms with Crippen LogP contribution >= 0.6 is 0 Å². The van der Waals surface area contributed by atoms with Gasteiger partial charge in [0.25, 0.3) is 0 Å². The SMILES string of the molecule is CCCN(CC(=O)N(C)C1CC1)C1(CN)CCC(C)CC1. The zero-order valence-electron chi connectivity index (χ0n) is 14.1. The van der Waals surface area contributed by atoms with Gasteiger partial charge in [0.1, 0.15) is 0 Å². The van der Waals surface area contributed by atoms with Crippen LogP contribution in [0.5, 0.6) is 0 Å². The third-order valence-electron chi connectivity index (χ3n) is 5.56. The van der Waals surface area contributed by atoms with Gasteiger partial charge in [-0.15, -0.1) is 0 Å². The quantitative estimate of drug-likeness (QED) is 0.783. The van der Waals surface area contributed by atoms with Crippen LogP contribution in [0.25, 0.3) is 0 Å². The van der Waals surface area contributed by atoms with Gasteiger partial charge in [0, 0.05) is 25.2 Å². The van der Waals surface area contributed by atoms with Crippen molar-refractivity contribution in [1.82, 2.24) is 9.80 Å². The van der Waals surface area contributed by atoms with E-state index in [1.54, 1.807) is 0 Å². The molecule has 4 heteroatoms. The van der Waals surface area contributed by atoms with Crippen LogP contribution < -0.4 is 5.73 Å². The zero-order valence-corrected chi connectivity index (χ0v) is 14.1. The summed E-state index contributed by atoms with van der Waals surface area (Å²) in [5.41, 5.74) is 6.23. The van der Waals surface area contributed by atoms with E-state index in [1.165, 1.54) is 25.7 Å². The minimum absolute atomic E-state index is 0.0581. The molecular weight excluding hydrogens is 262 g/mol. The molecule has 0 aromatic rings. The predicted molar refractivity (Wildman–Crippen MR) is 87.1 cm³/mol.